The van der Waals surface area contributed by atoms with Crippen molar-refractivity contribution in [2.24, 2.45) is 4.99 Å². The summed E-state index contributed by atoms with van der Waals surface area (Å²) in [5.41, 5.74) is 3.28. The molecule has 2 rings (SSSR count). The molecule has 1 aromatic carbocycles. The molecule has 0 saturated heterocycles. The molecule has 0 aliphatic carbocycles. The Morgan fingerprint density at radius 2 is 2.00 bits per heavy atom. The van der Waals surface area contributed by atoms with Crippen molar-refractivity contribution >= 4 is 29.9 Å². The van der Waals surface area contributed by atoms with Crippen LogP contribution in [0.25, 0.3) is 0 Å². The minimum absolute atomic E-state index is 0. The zero-order chi connectivity index (χ0) is 19.6. The number of benzene rings is 1. The third-order valence-corrected chi connectivity index (χ3v) is 4.23. The number of nitrogens with zero attached hydrogens (tertiary/aromatic N) is 2. The SMILES string of the molecule is CCNC(=NCc1c(CC)noc1CC)NCC(C)Oc1cccc(C)c1.I. The van der Waals surface area contributed by atoms with Crippen LogP contribution < -0.4 is 15.4 Å². The van der Waals surface area contributed by atoms with E-state index >= 15 is 0 Å². The van der Waals surface area contributed by atoms with Crippen LogP contribution in [-0.2, 0) is 19.4 Å². The summed E-state index contributed by atoms with van der Waals surface area (Å²) in [6, 6.07) is 8.09. The minimum Gasteiger partial charge on any atom is -0.489 e. The predicted octanol–water partition coefficient (Wildman–Crippen LogP) is 4.25. The van der Waals surface area contributed by atoms with Gasteiger partial charge in [-0.15, -0.1) is 24.0 Å². The van der Waals surface area contributed by atoms with Crippen molar-refractivity contribution in [3.63, 3.8) is 0 Å². The van der Waals surface area contributed by atoms with Gasteiger partial charge in [0.1, 0.15) is 17.6 Å². The van der Waals surface area contributed by atoms with Gasteiger partial charge in [-0.2, -0.15) is 0 Å². The third kappa shape index (κ3) is 7.33. The van der Waals surface area contributed by atoms with E-state index in [4.69, 9.17) is 14.3 Å². The number of ether oxygens (including phenoxy) is 1. The van der Waals surface area contributed by atoms with Crippen LogP contribution in [0.2, 0.25) is 0 Å². The second-order valence-electron chi connectivity index (χ2n) is 6.56. The smallest absolute Gasteiger partial charge is 0.191 e. The molecule has 1 aromatic heterocycles. The van der Waals surface area contributed by atoms with Gasteiger partial charge in [0.2, 0.25) is 0 Å². The fourth-order valence-electron chi connectivity index (χ4n) is 2.82. The number of aliphatic imine (C=N–C) groups is 1. The molecule has 1 atom stereocenters. The second kappa shape index (κ2) is 12.6. The Morgan fingerprint density at radius 1 is 1.21 bits per heavy atom. The summed E-state index contributed by atoms with van der Waals surface area (Å²) >= 11 is 0. The van der Waals surface area contributed by atoms with Gasteiger partial charge >= 0.3 is 0 Å². The summed E-state index contributed by atoms with van der Waals surface area (Å²) in [7, 11) is 0. The van der Waals surface area contributed by atoms with E-state index in [-0.39, 0.29) is 30.1 Å². The van der Waals surface area contributed by atoms with Crippen LogP contribution in [0, 0.1) is 6.92 Å². The molecule has 0 aliphatic heterocycles. The zero-order valence-electron chi connectivity index (χ0n) is 17.5. The van der Waals surface area contributed by atoms with Gasteiger partial charge in [-0.1, -0.05) is 31.1 Å². The number of hydrogen-bond acceptors (Lipinski definition) is 4. The molecule has 28 heavy (non-hydrogen) atoms. The molecular formula is C21H33IN4O2. The van der Waals surface area contributed by atoms with Gasteiger partial charge in [-0.25, -0.2) is 4.99 Å². The lowest BCUT2D eigenvalue weighted by Crippen LogP contribution is -2.41. The monoisotopic (exact) mass is 500 g/mol. The number of nitrogens with one attached hydrogen (secondary N) is 2. The highest BCUT2D eigenvalue weighted by Gasteiger charge is 2.13. The van der Waals surface area contributed by atoms with E-state index in [1.807, 2.05) is 25.1 Å². The van der Waals surface area contributed by atoms with Crippen LogP contribution in [0.1, 0.15) is 50.3 Å². The van der Waals surface area contributed by atoms with E-state index in [0.29, 0.717) is 13.1 Å². The first-order chi connectivity index (χ1) is 13.1. The minimum atomic E-state index is 0. The summed E-state index contributed by atoms with van der Waals surface area (Å²) in [6.07, 6.45) is 1.69. The van der Waals surface area contributed by atoms with Crippen LogP contribution in [0.3, 0.4) is 0 Å². The van der Waals surface area contributed by atoms with Crippen molar-refractivity contribution in [3.8, 4) is 5.75 Å². The normalized spacial score (nSPS) is 12.2. The molecule has 0 amide bonds. The quantitative estimate of drug-likeness (QED) is 0.306. The van der Waals surface area contributed by atoms with E-state index < -0.39 is 0 Å². The zero-order valence-corrected chi connectivity index (χ0v) is 19.9. The largest absolute Gasteiger partial charge is 0.489 e. The molecule has 0 fully saturated rings. The Balaban J connectivity index is 0.00000392. The molecule has 0 radical (unpaired) electrons. The molecule has 2 aromatic rings. The summed E-state index contributed by atoms with van der Waals surface area (Å²) in [6.45, 7) is 12.3. The maximum atomic E-state index is 5.98. The fraction of sp³-hybridized carbons (Fsp3) is 0.524. The van der Waals surface area contributed by atoms with Crippen molar-refractivity contribution < 1.29 is 9.26 Å². The topological polar surface area (TPSA) is 71.7 Å². The van der Waals surface area contributed by atoms with Crippen molar-refractivity contribution in [1.29, 1.82) is 0 Å². The predicted molar refractivity (Wildman–Crippen MR) is 125 cm³/mol. The first-order valence-corrected chi connectivity index (χ1v) is 9.79. The van der Waals surface area contributed by atoms with Gasteiger partial charge < -0.3 is 19.9 Å². The van der Waals surface area contributed by atoms with E-state index in [9.17, 15) is 0 Å². The number of rotatable bonds is 9. The van der Waals surface area contributed by atoms with Crippen LogP contribution in [0.15, 0.2) is 33.8 Å². The number of halogens is 1. The molecule has 0 aliphatic rings. The molecule has 2 N–H and O–H groups in total. The highest BCUT2D eigenvalue weighted by Crippen LogP contribution is 2.17. The first kappa shape index (κ1) is 24.3. The van der Waals surface area contributed by atoms with E-state index in [1.165, 1.54) is 5.56 Å². The van der Waals surface area contributed by atoms with Gasteiger partial charge in [0.15, 0.2) is 5.96 Å². The van der Waals surface area contributed by atoms with E-state index in [1.54, 1.807) is 0 Å². The highest BCUT2D eigenvalue weighted by molar-refractivity contribution is 14.0. The molecule has 6 nitrogen and oxygen atoms in total. The average molecular weight is 500 g/mol. The Bertz CT molecular complexity index is 724. The number of aromatic nitrogens is 1. The fourth-order valence-corrected chi connectivity index (χ4v) is 2.82. The molecule has 1 heterocycles. The third-order valence-electron chi connectivity index (χ3n) is 4.23. The second-order valence-corrected chi connectivity index (χ2v) is 6.56. The molecule has 156 valence electrons. The van der Waals surface area contributed by atoms with E-state index in [2.05, 4.69) is 49.6 Å². The average Bonchev–Trinajstić information content (AvgIpc) is 3.06. The van der Waals surface area contributed by atoms with Crippen LogP contribution in [0.4, 0.5) is 0 Å². The van der Waals surface area contributed by atoms with Crippen molar-refractivity contribution in [3.05, 3.63) is 46.8 Å². The maximum absolute atomic E-state index is 5.98. The number of hydrogen-bond donors (Lipinski definition) is 2. The maximum Gasteiger partial charge on any atom is 0.191 e. The van der Waals surface area contributed by atoms with E-state index in [0.717, 1.165) is 48.1 Å². The standard InChI is InChI=1S/C21H32N4O2.HI/c1-6-19-18(20(7-2)27-25-19)14-24-21(22-8-3)23-13-16(5)26-17-11-9-10-15(4)12-17;/h9-12,16H,6-8,13-14H2,1-5H3,(H2,22,23,24);1H. The molecule has 1 unspecified atom stereocenters. The Kier molecular flexibility index (Phi) is 11.0. The Hall–Kier alpha value is -1.77. The van der Waals surface area contributed by atoms with Gasteiger partial charge in [-0.05, 0) is 44.9 Å². The lowest BCUT2D eigenvalue weighted by Gasteiger charge is -2.18. The molecule has 0 bridgehead atoms. The highest BCUT2D eigenvalue weighted by atomic mass is 127. The van der Waals surface area contributed by atoms with Gasteiger partial charge in [0, 0.05) is 18.5 Å². The molecule has 0 saturated carbocycles. The van der Waals surface area contributed by atoms with Crippen molar-refractivity contribution in [2.45, 2.75) is 60.1 Å². The summed E-state index contributed by atoms with van der Waals surface area (Å²) in [4.78, 5) is 4.71. The first-order valence-electron chi connectivity index (χ1n) is 9.79. The number of aryl methyl sites for hydroxylation is 3. The van der Waals surface area contributed by atoms with Gasteiger partial charge in [0.25, 0.3) is 0 Å². The molecule has 0 spiro atoms. The lowest BCUT2D eigenvalue weighted by atomic mass is 10.1. The summed E-state index contributed by atoms with van der Waals surface area (Å²) < 4.78 is 11.4. The Morgan fingerprint density at radius 3 is 2.64 bits per heavy atom. The van der Waals surface area contributed by atoms with Crippen molar-refractivity contribution in [2.75, 3.05) is 13.1 Å². The van der Waals surface area contributed by atoms with Crippen LogP contribution in [-0.4, -0.2) is 30.3 Å². The van der Waals surface area contributed by atoms with Crippen molar-refractivity contribution in [1.82, 2.24) is 15.8 Å². The van der Waals surface area contributed by atoms with Crippen LogP contribution in [0.5, 0.6) is 5.75 Å². The van der Waals surface area contributed by atoms with Gasteiger partial charge in [-0.3, -0.25) is 0 Å². The van der Waals surface area contributed by atoms with Crippen LogP contribution >= 0.6 is 24.0 Å². The summed E-state index contributed by atoms with van der Waals surface area (Å²) in [5.74, 6) is 2.57. The number of guanidine groups is 1. The molecule has 7 heteroatoms. The van der Waals surface area contributed by atoms with Gasteiger partial charge in [0.05, 0.1) is 18.8 Å². The summed E-state index contributed by atoms with van der Waals surface area (Å²) in [5, 5.41) is 10.8. The lowest BCUT2D eigenvalue weighted by molar-refractivity contribution is 0.223. The Labute approximate surface area is 185 Å². The molecular weight excluding hydrogens is 467 g/mol.